The summed E-state index contributed by atoms with van der Waals surface area (Å²) >= 11 is 0. The van der Waals surface area contributed by atoms with Crippen LogP contribution in [0.2, 0.25) is 0 Å². The highest BCUT2D eigenvalue weighted by Crippen LogP contribution is 2.24. The van der Waals surface area contributed by atoms with Crippen LogP contribution in [0.3, 0.4) is 0 Å². The molecule has 0 aliphatic rings. The number of amides is 1. The van der Waals surface area contributed by atoms with Crippen molar-refractivity contribution >= 4 is 28.2 Å². The molecule has 0 atom stereocenters. The van der Waals surface area contributed by atoms with Gasteiger partial charge in [-0.3, -0.25) is 14.2 Å². The van der Waals surface area contributed by atoms with Crippen molar-refractivity contribution in [1.29, 1.82) is 0 Å². The van der Waals surface area contributed by atoms with E-state index < -0.39 is 0 Å². The lowest BCUT2D eigenvalue weighted by Crippen LogP contribution is -2.30. The molecule has 0 spiro atoms. The number of hydrogen-bond donors (Lipinski definition) is 2. The molecule has 3 aromatic carbocycles. The number of fused-ring (bicyclic) bond motifs is 1. The summed E-state index contributed by atoms with van der Waals surface area (Å²) in [5, 5.41) is 6.94. The molecule has 4 aromatic rings. The first-order chi connectivity index (χ1) is 16.1. The van der Waals surface area contributed by atoms with Crippen molar-refractivity contribution in [3.8, 4) is 11.5 Å². The third-order valence-corrected chi connectivity index (χ3v) is 5.32. The summed E-state index contributed by atoms with van der Waals surface area (Å²) in [5.74, 6) is 0.820. The van der Waals surface area contributed by atoms with E-state index in [9.17, 15) is 9.59 Å². The molecule has 168 valence electrons. The minimum Gasteiger partial charge on any atom is -0.497 e. The van der Waals surface area contributed by atoms with Gasteiger partial charge in [0.15, 0.2) is 0 Å². The van der Waals surface area contributed by atoms with Gasteiger partial charge in [-0.2, -0.15) is 0 Å². The summed E-state index contributed by atoms with van der Waals surface area (Å²) < 4.78 is 12.1. The van der Waals surface area contributed by atoms with Gasteiger partial charge in [0.2, 0.25) is 5.91 Å². The van der Waals surface area contributed by atoms with Crippen molar-refractivity contribution in [1.82, 2.24) is 4.57 Å². The molecule has 2 N–H and O–H groups in total. The van der Waals surface area contributed by atoms with Gasteiger partial charge in [0, 0.05) is 23.9 Å². The third-order valence-electron chi connectivity index (χ3n) is 5.32. The van der Waals surface area contributed by atoms with Crippen LogP contribution in [0.1, 0.15) is 5.56 Å². The van der Waals surface area contributed by atoms with Gasteiger partial charge in [0.25, 0.3) is 5.56 Å². The quantitative estimate of drug-likeness (QED) is 0.425. The van der Waals surface area contributed by atoms with E-state index >= 15 is 0 Å². The second-order valence-electron chi connectivity index (χ2n) is 7.45. The average molecular weight is 444 g/mol. The molecule has 1 aromatic heterocycles. The van der Waals surface area contributed by atoms with Crippen LogP contribution in [-0.2, 0) is 17.9 Å². The largest absolute Gasteiger partial charge is 0.497 e. The van der Waals surface area contributed by atoms with E-state index in [0.29, 0.717) is 34.8 Å². The average Bonchev–Trinajstić information content (AvgIpc) is 2.85. The number of nitrogens with one attached hydrogen (secondary N) is 2. The number of hydrogen-bond acceptors (Lipinski definition) is 5. The number of carbonyl (C=O) groups excluding carboxylic acids is 1. The molecule has 0 fully saturated rings. The fourth-order valence-corrected chi connectivity index (χ4v) is 3.66. The summed E-state index contributed by atoms with van der Waals surface area (Å²) in [4.78, 5) is 26.3. The Morgan fingerprint density at radius 1 is 0.909 bits per heavy atom. The zero-order chi connectivity index (χ0) is 23.2. The Bertz CT molecular complexity index is 1330. The lowest BCUT2D eigenvalue weighted by molar-refractivity contribution is -0.116. The molecule has 0 saturated heterocycles. The predicted octanol–water partition coefficient (Wildman–Crippen LogP) is 4.27. The molecular weight excluding hydrogens is 418 g/mol. The molecule has 0 saturated carbocycles. The molecular formula is C26H25N3O4. The Labute approximate surface area is 191 Å². The number of pyridine rings is 1. The highest BCUT2D eigenvalue weighted by Gasteiger charge is 2.15. The number of carbonyl (C=O) groups is 1. The number of para-hydroxylation sites is 3. The van der Waals surface area contributed by atoms with E-state index in [4.69, 9.17) is 9.47 Å². The summed E-state index contributed by atoms with van der Waals surface area (Å²) in [6, 6.07) is 24.1. The lowest BCUT2D eigenvalue weighted by Gasteiger charge is -2.15. The number of benzene rings is 3. The van der Waals surface area contributed by atoms with Gasteiger partial charge < -0.3 is 20.1 Å². The fourth-order valence-electron chi connectivity index (χ4n) is 3.66. The van der Waals surface area contributed by atoms with Gasteiger partial charge in [-0.15, -0.1) is 0 Å². The number of aromatic nitrogens is 1. The molecule has 1 heterocycles. The molecule has 0 aliphatic carbocycles. The van der Waals surface area contributed by atoms with Gasteiger partial charge in [0.05, 0.1) is 25.4 Å². The molecule has 0 unspecified atom stereocenters. The number of rotatable bonds is 8. The van der Waals surface area contributed by atoms with Gasteiger partial charge >= 0.3 is 0 Å². The Hall–Kier alpha value is -4.26. The SMILES string of the molecule is COc1ccc2cc(CNc3ccccc3)c(=O)n(CC(=O)Nc3ccccc3OC)c2c1. The first-order valence-corrected chi connectivity index (χ1v) is 10.5. The van der Waals surface area contributed by atoms with Crippen LogP contribution in [0, 0.1) is 0 Å². The first-order valence-electron chi connectivity index (χ1n) is 10.5. The van der Waals surface area contributed by atoms with Crippen LogP contribution < -0.4 is 25.7 Å². The number of nitrogens with zero attached hydrogens (tertiary/aromatic N) is 1. The van der Waals surface area contributed by atoms with E-state index in [1.807, 2.05) is 54.6 Å². The van der Waals surface area contributed by atoms with Crippen molar-refractivity contribution in [3.05, 3.63) is 94.8 Å². The maximum absolute atomic E-state index is 13.4. The molecule has 0 aliphatic heterocycles. The van der Waals surface area contributed by atoms with Crippen molar-refractivity contribution < 1.29 is 14.3 Å². The molecule has 33 heavy (non-hydrogen) atoms. The normalized spacial score (nSPS) is 10.6. The van der Waals surface area contributed by atoms with Crippen molar-refractivity contribution in [2.24, 2.45) is 0 Å². The highest BCUT2D eigenvalue weighted by molar-refractivity contribution is 5.93. The number of methoxy groups -OCH3 is 2. The van der Waals surface area contributed by atoms with Crippen LogP contribution >= 0.6 is 0 Å². The van der Waals surface area contributed by atoms with Crippen LogP contribution in [0.15, 0.2) is 83.7 Å². The summed E-state index contributed by atoms with van der Waals surface area (Å²) in [5.41, 5.74) is 2.39. The molecule has 0 radical (unpaired) electrons. The van der Waals surface area contributed by atoms with E-state index in [-0.39, 0.29) is 18.0 Å². The number of anilines is 2. The first kappa shape index (κ1) is 22.0. The summed E-state index contributed by atoms with van der Waals surface area (Å²) in [6.45, 7) is 0.179. The van der Waals surface area contributed by atoms with Crippen LogP contribution in [-0.4, -0.2) is 24.7 Å². The topological polar surface area (TPSA) is 81.6 Å². The minimum atomic E-state index is -0.334. The molecule has 4 rings (SSSR count). The van der Waals surface area contributed by atoms with Crippen LogP contribution in [0.5, 0.6) is 11.5 Å². The van der Waals surface area contributed by atoms with E-state index in [0.717, 1.165) is 11.1 Å². The van der Waals surface area contributed by atoms with E-state index in [1.165, 1.54) is 4.57 Å². The van der Waals surface area contributed by atoms with Gasteiger partial charge in [-0.05, 0) is 47.9 Å². The highest BCUT2D eigenvalue weighted by atomic mass is 16.5. The van der Waals surface area contributed by atoms with Gasteiger partial charge in [-0.25, -0.2) is 0 Å². The second kappa shape index (κ2) is 9.91. The summed E-state index contributed by atoms with van der Waals surface area (Å²) in [6.07, 6.45) is 0. The fraction of sp³-hybridized carbons (Fsp3) is 0.154. The van der Waals surface area contributed by atoms with Crippen molar-refractivity contribution in [2.75, 3.05) is 24.9 Å². The van der Waals surface area contributed by atoms with Gasteiger partial charge in [-0.1, -0.05) is 30.3 Å². The number of ether oxygens (including phenoxy) is 2. The Kier molecular flexibility index (Phi) is 6.59. The van der Waals surface area contributed by atoms with Gasteiger partial charge in [0.1, 0.15) is 18.0 Å². The van der Waals surface area contributed by atoms with E-state index in [1.54, 1.807) is 38.5 Å². The monoisotopic (exact) mass is 443 g/mol. The third kappa shape index (κ3) is 4.98. The molecule has 0 bridgehead atoms. The maximum Gasteiger partial charge on any atom is 0.256 e. The van der Waals surface area contributed by atoms with Crippen LogP contribution in [0.25, 0.3) is 10.9 Å². The van der Waals surface area contributed by atoms with Crippen molar-refractivity contribution in [3.63, 3.8) is 0 Å². The Morgan fingerprint density at radius 3 is 2.42 bits per heavy atom. The van der Waals surface area contributed by atoms with Crippen LogP contribution in [0.4, 0.5) is 11.4 Å². The Morgan fingerprint density at radius 2 is 1.67 bits per heavy atom. The van der Waals surface area contributed by atoms with E-state index in [2.05, 4.69) is 10.6 Å². The zero-order valence-corrected chi connectivity index (χ0v) is 18.5. The predicted molar refractivity (Wildman–Crippen MR) is 130 cm³/mol. The Balaban J connectivity index is 1.68. The summed E-state index contributed by atoms with van der Waals surface area (Å²) in [7, 11) is 3.11. The molecule has 1 amide bonds. The lowest BCUT2D eigenvalue weighted by atomic mass is 10.1. The molecule has 7 heteroatoms. The van der Waals surface area contributed by atoms with Crippen molar-refractivity contribution in [2.45, 2.75) is 13.1 Å². The molecule has 7 nitrogen and oxygen atoms in total. The standard InChI is InChI=1S/C26H25N3O4/c1-32-21-13-12-18-14-19(16-27-20-8-4-3-5-9-20)26(31)29(23(18)15-21)17-25(30)28-22-10-6-7-11-24(22)33-2/h3-15,27H,16-17H2,1-2H3,(H,28,30). The second-order valence-corrected chi connectivity index (χ2v) is 7.45. The smallest absolute Gasteiger partial charge is 0.256 e. The minimum absolute atomic E-state index is 0.153. The maximum atomic E-state index is 13.4. The zero-order valence-electron chi connectivity index (χ0n) is 18.5.